The van der Waals surface area contributed by atoms with Gasteiger partial charge in [-0.15, -0.1) is 11.3 Å². The molecule has 0 atom stereocenters. The molecule has 1 aromatic heterocycles. The molecule has 1 aliphatic carbocycles. The highest BCUT2D eigenvalue weighted by atomic mass is 32.1. The van der Waals surface area contributed by atoms with Gasteiger partial charge in [0, 0.05) is 11.1 Å². The van der Waals surface area contributed by atoms with E-state index < -0.39 is 0 Å². The van der Waals surface area contributed by atoms with E-state index in [-0.39, 0.29) is 5.41 Å². The molecule has 2 nitrogen and oxygen atoms in total. The predicted molar refractivity (Wildman–Crippen MR) is 39.1 cm³/mol. The lowest BCUT2D eigenvalue weighted by Gasteiger charge is -1.98. The van der Waals surface area contributed by atoms with Gasteiger partial charge in [-0.25, -0.2) is 0 Å². The summed E-state index contributed by atoms with van der Waals surface area (Å²) in [5.41, 5.74) is 1.67. The minimum atomic E-state index is -0.110. The third kappa shape index (κ3) is 0.703. The summed E-state index contributed by atoms with van der Waals surface area (Å²) in [6, 6.07) is 0. The van der Waals surface area contributed by atoms with Gasteiger partial charge in [0.25, 0.3) is 0 Å². The molecule has 0 radical (unpaired) electrons. The molecule has 0 N–H and O–H groups in total. The molecule has 0 aliphatic heterocycles. The first-order valence-electron chi connectivity index (χ1n) is 3.23. The van der Waals surface area contributed by atoms with E-state index in [0.717, 1.165) is 24.0 Å². The lowest BCUT2D eigenvalue weighted by atomic mass is 10.1. The lowest BCUT2D eigenvalue weighted by molar-refractivity contribution is -0.109. The molecular formula is C7H7NOS. The van der Waals surface area contributed by atoms with Gasteiger partial charge in [0.05, 0.1) is 10.9 Å². The van der Waals surface area contributed by atoms with Crippen LogP contribution in [-0.2, 0) is 10.2 Å². The molecule has 10 heavy (non-hydrogen) atoms. The molecule has 0 aromatic carbocycles. The molecule has 0 saturated heterocycles. The Hall–Kier alpha value is -0.700. The van der Waals surface area contributed by atoms with Crippen LogP contribution in [0.2, 0.25) is 0 Å². The fourth-order valence-electron chi connectivity index (χ4n) is 1.02. The van der Waals surface area contributed by atoms with Crippen LogP contribution in [0.4, 0.5) is 0 Å². The molecule has 0 amide bonds. The number of hydrogen-bond donors (Lipinski definition) is 0. The number of nitrogens with zero attached hydrogens (tertiary/aromatic N) is 1. The van der Waals surface area contributed by atoms with Crippen LogP contribution in [0.5, 0.6) is 0 Å². The molecule has 1 fully saturated rings. The lowest BCUT2D eigenvalue weighted by Crippen LogP contribution is -2.04. The van der Waals surface area contributed by atoms with Gasteiger partial charge in [0.2, 0.25) is 0 Å². The van der Waals surface area contributed by atoms with Crippen LogP contribution >= 0.6 is 11.3 Å². The summed E-state index contributed by atoms with van der Waals surface area (Å²) >= 11 is 1.57. The second kappa shape index (κ2) is 1.89. The average Bonchev–Trinajstić information content (AvgIpc) is 2.58. The predicted octanol–water partition coefficient (Wildman–Crippen LogP) is 1.37. The van der Waals surface area contributed by atoms with E-state index in [1.54, 1.807) is 23.0 Å². The maximum atomic E-state index is 10.6. The van der Waals surface area contributed by atoms with Crippen LogP contribution in [0.25, 0.3) is 0 Å². The fraction of sp³-hybridized carbons (Fsp3) is 0.429. The molecular weight excluding hydrogens is 146 g/mol. The molecule has 1 heterocycles. The van der Waals surface area contributed by atoms with Gasteiger partial charge >= 0.3 is 0 Å². The van der Waals surface area contributed by atoms with E-state index in [1.807, 2.05) is 0 Å². The molecule has 0 unspecified atom stereocenters. The van der Waals surface area contributed by atoms with E-state index >= 15 is 0 Å². The van der Waals surface area contributed by atoms with Crippen molar-refractivity contribution in [1.29, 1.82) is 0 Å². The molecule has 3 heteroatoms. The van der Waals surface area contributed by atoms with Gasteiger partial charge in [-0.1, -0.05) is 0 Å². The highest BCUT2D eigenvalue weighted by Crippen LogP contribution is 2.47. The Morgan fingerprint density at radius 1 is 1.70 bits per heavy atom. The van der Waals surface area contributed by atoms with Gasteiger partial charge in [-0.3, -0.25) is 4.98 Å². The van der Waals surface area contributed by atoms with Gasteiger partial charge in [0.15, 0.2) is 0 Å². The van der Waals surface area contributed by atoms with Crippen molar-refractivity contribution in [2.45, 2.75) is 18.3 Å². The third-order valence-corrected chi connectivity index (χ3v) is 2.93. The van der Waals surface area contributed by atoms with Crippen molar-refractivity contribution in [2.24, 2.45) is 0 Å². The number of aldehydes is 1. The second-order valence-electron chi connectivity index (χ2n) is 2.64. The van der Waals surface area contributed by atoms with Crippen LogP contribution in [0, 0.1) is 0 Å². The Kier molecular flexibility index (Phi) is 1.14. The first-order valence-corrected chi connectivity index (χ1v) is 4.11. The van der Waals surface area contributed by atoms with Crippen molar-refractivity contribution in [1.82, 2.24) is 4.98 Å². The number of rotatable bonds is 2. The first-order chi connectivity index (χ1) is 4.87. The SMILES string of the molecule is O=CC1(c2cncs2)CC1. The molecule has 2 rings (SSSR count). The van der Waals surface area contributed by atoms with Crippen LogP contribution < -0.4 is 0 Å². The zero-order chi connectivity index (χ0) is 7.03. The molecule has 52 valence electrons. The maximum absolute atomic E-state index is 10.6. The summed E-state index contributed by atoms with van der Waals surface area (Å²) in [4.78, 5) is 15.6. The molecule has 1 aromatic rings. The fourth-order valence-corrected chi connectivity index (χ4v) is 1.86. The van der Waals surface area contributed by atoms with Crippen LogP contribution in [-0.4, -0.2) is 11.3 Å². The Morgan fingerprint density at radius 3 is 2.90 bits per heavy atom. The van der Waals surface area contributed by atoms with E-state index in [0.29, 0.717) is 0 Å². The van der Waals surface area contributed by atoms with Gasteiger partial charge in [-0.2, -0.15) is 0 Å². The topological polar surface area (TPSA) is 30.0 Å². The van der Waals surface area contributed by atoms with Crippen molar-refractivity contribution in [3.05, 3.63) is 16.6 Å². The van der Waals surface area contributed by atoms with Crippen LogP contribution in [0.15, 0.2) is 11.7 Å². The summed E-state index contributed by atoms with van der Waals surface area (Å²) in [6.07, 6.45) is 4.88. The summed E-state index contributed by atoms with van der Waals surface area (Å²) in [5.74, 6) is 0. The highest BCUT2D eigenvalue weighted by Gasteiger charge is 2.45. The van der Waals surface area contributed by atoms with Gasteiger partial charge in [0.1, 0.15) is 6.29 Å². The number of aromatic nitrogens is 1. The molecule has 1 saturated carbocycles. The monoisotopic (exact) mass is 153 g/mol. The van der Waals surface area contributed by atoms with E-state index in [1.165, 1.54) is 0 Å². The van der Waals surface area contributed by atoms with Crippen molar-refractivity contribution in [2.75, 3.05) is 0 Å². The zero-order valence-corrected chi connectivity index (χ0v) is 6.23. The smallest absolute Gasteiger partial charge is 0.131 e. The third-order valence-electron chi connectivity index (χ3n) is 1.94. The maximum Gasteiger partial charge on any atom is 0.131 e. The number of carbonyl (C=O) groups is 1. The summed E-state index contributed by atoms with van der Waals surface area (Å²) in [6.45, 7) is 0. The number of thiazole rings is 1. The standard InChI is InChI=1S/C7H7NOS/c9-4-7(1-2-7)6-3-8-5-10-6/h3-5H,1-2H2. The number of carbonyl (C=O) groups excluding carboxylic acids is 1. The zero-order valence-electron chi connectivity index (χ0n) is 5.41. The van der Waals surface area contributed by atoms with E-state index in [9.17, 15) is 4.79 Å². The van der Waals surface area contributed by atoms with Gasteiger partial charge in [-0.05, 0) is 12.8 Å². The Labute approximate surface area is 62.9 Å². The molecule has 1 aliphatic rings. The van der Waals surface area contributed by atoms with Crippen molar-refractivity contribution < 1.29 is 4.79 Å². The minimum absolute atomic E-state index is 0.110. The van der Waals surface area contributed by atoms with Crippen molar-refractivity contribution in [3.63, 3.8) is 0 Å². The molecule has 0 bridgehead atoms. The van der Waals surface area contributed by atoms with E-state index in [2.05, 4.69) is 4.98 Å². The minimum Gasteiger partial charge on any atom is -0.302 e. The summed E-state index contributed by atoms with van der Waals surface area (Å²) in [5, 5.41) is 0. The average molecular weight is 153 g/mol. The van der Waals surface area contributed by atoms with E-state index in [4.69, 9.17) is 0 Å². The normalized spacial score (nSPS) is 20.4. The Morgan fingerprint density at radius 2 is 2.50 bits per heavy atom. The van der Waals surface area contributed by atoms with Gasteiger partial charge < -0.3 is 4.79 Å². The first kappa shape index (κ1) is 6.04. The quantitative estimate of drug-likeness (QED) is 0.601. The van der Waals surface area contributed by atoms with Crippen LogP contribution in [0.3, 0.4) is 0 Å². The summed E-state index contributed by atoms with van der Waals surface area (Å²) in [7, 11) is 0. The molecule has 0 spiro atoms. The Bertz CT molecular complexity index is 238. The van der Waals surface area contributed by atoms with Crippen LogP contribution in [0.1, 0.15) is 17.7 Å². The summed E-state index contributed by atoms with van der Waals surface area (Å²) < 4.78 is 0. The Balaban J connectivity index is 2.35. The highest BCUT2D eigenvalue weighted by molar-refractivity contribution is 7.09. The van der Waals surface area contributed by atoms with Crippen molar-refractivity contribution in [3.8, 4) is 0 Å². The largest absolute Gasteiger partial charge is 0.302 e. The second-order valence-corrected chi connectivity index (χ2v) is 3.53. The number of hydrogen-bond acceptors (Lipinski definition) is 3. The van der Waals surface area contributed by atoms with Crippen molar-refractivity contribution >= 4 is 17.6 Å².